The summed E-state index contributed by atoms with van der Waals surface area (Å²) in [7, 11) is 0. The van der Waals surface area contributed by atoms with Crippen LogP contribution in [-0.2, 0) is 4.79 Å². The molecule has 2 aliphatic rings. The van der Waals surface area contributed by atoms with Crippen LogP contribution in [0.3, 0.4) is 0 Å². The smallest absolute Gasteiger partial charge is 0.303 e. The van der Waals surface area contributed by atoms with Crippen molar-refractivity contribution in [3.05, 3.63) is 48.4 Å². The maximum atomic E-state index is 13.2. The van der Waals surface area contributed by atoms with Gasteiger partial charge in [0.1, 0.15) is 11.6 Å². The second-order valence-corrected chi connectivity index (χ2v) is 9.64. The number of piperidine rings is 1. The highest BCUT2D eigenvalue weighted by Crippen LogP contribution is 2.39. The van der Waals surface area contributed by atoms with Crippen molar-refractivity contribution in [2.75, 3.05) is 18.0 Å². The van der Waals surface area contributed by atoms with Crippen molar-refractivity contribution < 1.29 is 14.3 Å². The van der Waals surface area contributed by atoms with E-state index >= 15 is 0 Å². The number of aromatic nitrogens is 4. The number of aliphatic carboxylic acids is 1. The van der Waals surface area contributed by atoms with Gasteiger partial charge in [0, 0.05) is 36.8 Å². The van der Waals surface area contributed by atoms with E-state index in [1.807, 2.05) is 18.3 Å². The number of hydrogen-bond donors (Lipinski definition) is 2. The van der Waals surface area contributed by atoms with E-state index in [0.29, 0.717) is 24.0 Å². The fourth-order valence-electron chi connectivity index (χ4n) is 5.55. The van der Waals surface area contributed by atoms with Gasteiger partial charge in [0.05, 0.1) is 0 Å². The highest BCUT2D eigenvalue weighted by Gasteiger charge is 2.31. The molecule has 3 aromatic rings. The van der Waals surface area contributed by atoms with Crippen molar-refractivity contribution in [2.24, 2.45) is 17.8 Å². The first kappa shape index (κ1) is 22.5. The summed E-state index contributed by atoms with van der Waals surface area (Å²) >= 11 is 0. The van der Waals surface area contributed by atoms with E-state index in [0.717, 1.165) is 54.7 Å². The molecule has 7 nitrogen and oxygen atoms in total. The van der Waals surface area contributed by atoms with E-state index in [1.54, 1.807) is 12.1 Å². The summed E-state index contributed by atoms with van der Waals surface area (Å²) in [4.78, 5) is 21.2. The number of nitrogens with one attached hydrogen (secondary N) is 1. The van der Waals surface area contributed by atoms with E-state index in [1.165, 1.54) is 37.8 Å². The van der Waals surface area contributed by atoms with Crippen LogP contribution in [0.1, 0.15) is 44.9 Å². The molecule has 2 fully saturated rings. The van der Waals surface area contributed by atoms with Crippen molar-refractivity contribution >= 4 is 11.8 Å². The van der Waals surface area contributed by atoms with Crippen molar-refractivity contribution in [1.29, 1.82) is 0 Å². The Bertz CT molecular complexity index is 1100. The molecule has 0 bridgehead atoms. The number of carbonyl (C=O) groups is 1. The lowest BCUT2D eigenvalue weighted by molar-refractivity contribution is -0.138. The molecule has 1 aliphatic heterocycles. The topological polar surface area (TPSA) is 95.0 Å². The number of H-pyrrole nitrogens is 1. The fourth-order valence-corrected chi connectivity index (χ4v) is 5.55. The molecule has 0 amide bonds. The van der Waals surface area contributed by atoms with E-state index in [2.05, 4.69) is 25.1 Å². The average molecular weight is 464 g/mol. The molecule has 1 saturated carbocycles. The normalized spacial score (nSPS) is 21.5. The third kappa shape index (κ3) is 5.11. The first-order valence-electron chi connectivity index (χ1n) is 12.2. The van der Waals surface area contributed by atoms with E-state index in [-0.39, 0.29) is 5.82 Å². The second kappa shape index (κ2) is 9.91. The molecule has 2 aromatic heterocycles. The number of pyridine rings is 1. The maximum Gasteiger partial charge on any atom is 0.303 e. The van der Waals surface area contributed by atoms with Crippen LogP contribution in [0.5, 0.6) is 0 Å². The van der Waals surface area contributed by atoms with Crippen molar-refractivity contribution in [3.8, 4) is 22.8 Å². The molecule has 0 atom stereocenters. The summed E-state index contributed by atoms with van der Waals surface area (Å²) in [6.07, 6.45) is 8.95. The summed E-state index contributed by atoms with van der Waals surface area (Å²) < 4.78 is 13.2. The standard InChI is InChI=1S/C26H30FN5O2/c27-22-8-5-20(6-9-22)25-29-26(31-30-25)21-7-10-23(28-16-21)32-13-11-19(12-14-32)18-3-1-17(2-4-18)15-24(33)34/h5-10,16-19H,1-4,11-15H2,(H,33,34)(H,29,30,31)/t17-,18+. The van der Waals surface area contributed by atoms with E-state index < -0.39 is 5.97 Å². The summed E-state index contributed by atoms with van der Waals surface area (Å²) in [5, 5.41) is 17.4. The van der Waals surface area contributed by atoms with Crippen LogP contribution in [0.25, 0.3) is 22.8 Å². The van der Waals surface area contributed by atoms with Gasteiger partial charge in [-0.1, -0.05) is 0 Å². The number of anilines is 1. The van der Waals surface area contributed by atoms with Gasteiger partial charge in [-0.15, -0.1) is 10.2 Å². The number of aromatic amines is 1. The van der Waals surface area contributed by atoms with Gasteiger partial charge >= 0.3 is 5.97 Å². The van der Waals surface area contributed by atoms with Gasteiger partial charge in [0.2, 0.25) is 0 Å². The Balaban J connectivity index is 1.15. The Labute approximate surface area is 198 Å². The van der Waals surface area contributed by atoms with Crippen molar-refractivity contribution in [1.82, 2.24) is 20.2 Å². The van der Waals surface area contributed by atoms with Gasteiger partial charge in [-0.25, -0.2) is 9.37 Å². The Morgan fingerprint density at radius 3 is 2.15 bits per heavy atom. The first-order chi connectivity index (χ1) is 16.5. The molecule has 178 valence electrons. The monoisotopic (exact) mass is 463 g/mol. The van der Waals surface area contributed by atoms with Gasteiger partial charge in [-0.3, -0.25) is 4.79 Å². The molecule has 0 unspecified atom stereocenters. The molecule has 3 heterocycles. The molecular formula is C26H30FN5O2. The largest absolute Gasteiger partial charge is 0.481 e. The summed E-state index contributed by atoms with van der Waals surface area (Å²) in [5.74, 6) is 3.11. The zero-order chi connectivity index (χ0) is 23.5. The van der Waals surface area contributed by atoms with Crippen LogP contribution in [0.2, 0.25) is 0 Å². The number of carboxylic acid groups (broad SMARTS) is 1. The molecule has 2 N–H and O–H groups in total. The van der Waals surface area contributed by atoms with Crippen LogP contribution in [0, 0.1) is 23.6 Å². The lowest BCUT2D eigenvalue weighted by Gasteiger charge is -2.39. The van der Waals surface area contributed by atoms with E-state index in [4.69, 9.17) is 5.11 Å². The van der Waals surface area contributed by atoms with Crippen LogP contribution < -0.4 is 4.90 Å². The van der Waals surface area contributed by atoms with Gasteiger partial charge < -0.3 is 15.0 Å². The summed E-state index contributed by atoms with van der Waals surface area (Å²) in [6, 6.07) is 10.2. The molecule has 8 heteroatoms. The third-order valence-electron chi connectivity index (χ3n) is 7.51. The van der Waals surface area contributed by atoms with Crippen LogP contribution in [0.15, 0.2) is 42.6 Å². The summed E-state index contributed by atoms with van der Waals surface area (Å²) in [6.45, 7) is 2.01. The summed E-state index contributed by atoms with van der Waals surface area (Å²) in [5.41, 5.74) is 1.64. The predicted octanol–water partition coefficient (Wildman–Crippen LogP) is 5.17. The lowest BCUT2D eigenvalue weighted by atomic mass is 9.72. The van der Waals surface area contributed by atoms with Gasteiger partial charge in [-0.05, 0) is 92.7 Å². The van der Waals surface area contributed by atoms with Crippen LogP contribution >= 0.6 is 0 Å². The minimum absolute atomic E-state index is 0.282. The zero-order valence-corrected chi connectivity index (χ0v) is 19.2. The Hall–Kier alpha value is -3.29. The number of nitrogens with zero attached hydrogens (tertiary/aromatic N) is 4. The van der Waals surface area contributed by atoms with Crippen molar-refractivity contribution in [2.45, 2.75) is 44.9 Å². The molecular weight excluding hydrogens is 433 g/mol. The number of rotatable bonds is 6. The minimum atomic E-state index is -0.660. The number of benzene rings is 1. The lowest BCUT2D eigenvalue weighted by Crippen LogP contribution is -2.37. The molecule has 0 spiro atoms. The molecule has 34 heavy (non-hydrogen) atoms. The Morgan fingerprint density at radius 1 is 0.912 bits per heavy atom. The van der Waals surface area contributed by atoms with Crippen molar-refractivity contribution in [3.63, 3.8) is 0 Å². The van der Waals surface area contributed by atoms with E-state index in [9.17, 15) is 9.18 Å². The average Bonchev–Trinajstić information content (AvgIpc) is 3.35. The van der Waals surface area contributed by atoms with Gasteiger partial charge in [0.25, 0.3) is 0 Å². The molecule has 1 aromatic carbocycles. The molecule has 0 radical (unpaired) electrons. The third-order valence-corrected chi connectivity index (χ3v) is 7.51. The number of carboxylic acids is 1. The van der Waals surface area contributed by atoms with Crippen LogP contribution in [-0.4, -0.2) is 44.3 Å². The molecule has 1 saturated heterocycles. The highest BCUT2D eigenvalue weighted by atomic mass is 19.1. The minimum Gasteiger partial charge on any atom is -0.481 e. The zero-order valence-electron chi connectivity index (χ0n) is 19.2. The SMILES string of the molecule is O=C(O)C[C@H]1CC[C@@H](C2CCN(c3ccc(-c4nnc(-c5ccc(F)cc5)[nH]4)cn3)CC2)CC1. The highest BCUT2D eigenvalue weighted by molar-refractivity contribution is 5.67. The van der Waals surface area contributed by atoms with Gasteiger partial charge in [-0.2, -0.15) is 0 Å². The molecule has 1 aliphatic carbocycles. The quantitative estimate of drug-likeness (QED) is 0.524. The molecule has 5 rings (SSSR count). The first-order valence-corrected chi connectivity index (χ1v) is 12.2. The predicted molar refractivity (Wildman–Crippen MR) is 128 cm³/mol. The Kier molecular flexibility index (Phi) is 6.56. The van der Waals surface area contributed by atoms with Gasteiger partial charge in [0.15, 0.2) is 11.6 Å². The number of halogens is 1. The maximum absolute atomic E-state index is 13.2. The number of hydrogen-bond acceptors (Lipinski definition) is 5. The Morgan fingerprint density at radius 2 is 1.53 bits per heavy atom. The fraction of sp³-hybridized carbons (Fsp3) is 0.462. The second-order valence-electron chi connectivity index (χ2n) is 9.64. The van der Waals surface area contributed by atoms with Crippen LogP contribution in [0.4, 0.5) is 10.2 Å².